The molecule has 1 aliphatic carbocycles. The molecule has 2 rings (SSSR count). The molecule has 0 amide bonds. The molecule has 1 saturated carbocycles. The highest BCUT2D eigenvalue weighted by atomic mass is 14.4. The first kappa shape index (κ1) is 9.76. The third-order valence-electron chi connectivity index (χ3n) is 4.18. The van der Waals surface area contributed by atoms with Crippen LogP contribution in [0.3, 0.4) is 0 Å². The summed E-state index contributed by atoms with van der Waals surface area (Å²) in [5, 5.41) is 0. The maximum atomic E-state index is 2.44. The monoisotopic (exact) mass is 188 g/mol. The van der Waals surface area contributed by atoms with E-state index in [1.165, 1.54) is 24.8 Å². The van der Waals surface area contributed by atoms with Crippen LogP contribution in [0.5, 0.6) is 0 Å². The molecule has 0 nitrogen and oxygen atoms in total. The van der Waals surface area contributed by atoms with E-state index in [-0.39, 0.29) is 0 Å². The van der Waals surface area contributed by atoms with Gasteiger partial charge < -0.3 is 0 Å². The standard InChI is InChI=1S/C14H20/c1-11-7-4-5-9-13(11)14(3)10-6-8-12(14)2/h4-5,7,9,12H,6,8,10H2,1-3H3. The second-order valence-corrected chi connectivity index (χ2v) is 5.03. The van der Waals surface area contributed by atoms with Gasteiger partial charge in [0.1, 0.15) is 0 Å². The van der Waals surface area contributed by atoms with Crippen LogP contribution in [-0.2, 0) is 5.41 Å². The van der Waals surface area contributed by atoms with Crippen molar-refractivity contribution < 1.29 is 0 Å². The highest BCUT2D eigenvalue weighted by Crippen LogP contribution is 2.45. The van der Waals surface area contributed by atoms with Crippen LogP contribution >= 0.6 is 0 Å². The van der Waals surface area contributed by atoms with Gasteiger partial charge in [0.2, 0.25) is 0 Å². The lowest BCUT2D eigenvalue weighted by atomic mass is 9.73. The zero-order chi connectivity index (χ0) is 10.2. The number of hydrogen-bond donors (Lipinski definition) is 0. The molecule has 0 heteroatoms. The Morgan fingerprint density at radius 3 is 2.57 bits per heavy atom. The van der Waals surface area contributed by atoms with Crippen molar-refractivity contribution in [2.24, 2.45) is 5.92 Å². The maximum Gasteiger partial charge on any atom is -0.00470 e. The van der Waals surface area contributed by atoms with E-state index in [2.05, 4.69) is 45.0 Å². The smallest absolute Gasteiger partial charge is 0.00470 e. The second kappa shape index (κ2) is 3.42. The summed E-state index contributed by atoms with van der Waals surface area (Å²) in [6.07, 6.45) is 4.15. The summed E-state index contributed by atoms with van der Waals surface area (Å²) in [6, 6.07) is 8.88. The molecule has 1 fully saturated rings. The molecule has 0 aromatic heterocycles. The molecular formula is C14H20. The van der Waals surface area contributed by atoms with E-state index in [0.29, 0.717) is 5.41 Å². The van der Waals surface area contributed by atoms with Gasteiger partial charge in [-0.3, -0.25) is 0 Å². The molecule has 14 heavy (non-hydrogen) atoms. The van der Waals surface area contributed by atoms with Crippen molar-refractivity contribution in [2.45, 2.75) is 45.4 Å². The average Bonchev–Trinajstić information content (AvgIpc) is 2.49. The van der Waals surface area contributed by atoms with Gasteiger partial charge in [-0.1, -0.05) is 44.5 Å². The van der Waals surface area contributed by atoms with Crippen molar-refractivity contribution in [1.29, 1.82) is 0 Å². The van der Waals surface area contributed by atoms with Crippen molar-refractivity contribution in [1.82, 2.24) is 0 Å². The molecule has 76 valence electrons. The lowest BCUT2D eigenvalue weighted by Gasteiger charge is -2.31. The molecule has 2 atom stereocenters. The molecule has 0 heterocycles. The van der Waals surface area contributed by atoms with E-state index in [9.17, 15) is 0 Å². The normalized spacial score (nSPS) is 32.1. The Balaban J connectivity index is 2.43. The van der Waals surface area contributed by atoms with Crippen LogP contribution in [0.4, 0.5) is 0 Å². The fraction of sp³-hybridized carbons (Fsp3) is 0.571. The Morgan fingerprint density at radius 1 is 1.29 bits per heavy atom. The quantitative estimate of drug-likeness (QED) is 0.623. The molecular weight excluding hydrogens is 168 g/mol. The summed E-state index contributed by atoms with van der Waals surface area (Å²) in [7, 11) is 0. The summed E-state index contributed by atoms with van der Waals surface area (Å²) in [5.41, 5.74) is 3.47. The van der Waals surface area contributed by atoms with Crippen LogP contribution in [0, 0.1) is 12.8 Å². The minimum absolute atomic E-state index is 0.436. The molecule has 0 spiro atoms. The van der Waals surface area contributed by atoms with Crippen molar-refractivity contribution in [3.63, 3.8) is 0 Å². The van der Waals surface area contributed by atoms with Crippen molar-refractivity contribution in [2.75, 3.05) is 0 Å². The minimum Gasteiger partial charge on any atom is -0.0620 e. The van der Waals surface area contributed by atoms with Crippen LogP contribution in [0.2, 0.25) is 0 Å². The lowest BCUT2D eigenvalue weighted by molar-refractivity contribution is 0.369. The number of rotatable bonds is 1. The first-order valence-electron chi connectivity index (χ1n) is 5.71. The van der Waals surface area contributed by atoms with Gasteiger partial charge in [-0.15, -0.1) is 0 Å². The maximum absolute atomic E-state index is 2.44. The van der Waals surface area contributed by atoms with Gasteiger partial charge in [0, 0.05) is 0 Å². The predicted octanol–water partition coefficient (Wildman–Crippen LogP) is 4.07. The van der Waals surface area contributed by atoms with Gasteiger partial charge in [-0.05, 0) is 42.2 Å². The highest BCUT2D eigenvalue weighted by molar-refractivity contribution is 5.34. The van der Waals surface area contributed by atoms with Crippen molar-refractivity contribution >= 4 is 0 Å². The molecule has 0 aliphatic heterocycles. The fourth-order valence-electron chi connectivity index (χ4n) is 2.95. The first-order valence-corrected chi connectivity index (χ1v) is 5.71. The SMILES string of the molecule is Cc1ccccc1C1(C)CCCC1C. The van der Waals surface area contributed by atoms with Gasteiger partial charge in [0.25, 0.3) is 0 Å². The Bertz CT molecular complexity index is 327. The van der Waals surface area contributed by atoms with Crippen LogP contribution < -0.4 is 0 Å². The van der Waals surface area contributed by atoms with Crippen LogP contribution in [-0.4, -0.2) is 0 Å². The summed E-state index contributed by atoms with van der Waals surface area (Å²) in [6.45, 7) is 7.08. The number of hydrogen-bond acceptors (Lipinski definition) is 0. The molecule has 1 aromatic rings. The first-order chi connectivity index (χ1) is 6.64. The van der Waals surface area contributed by atoms with Gasteiger partial charge in [-0.25, -0.2) is 0 Å². The second-order valence-electron chi connectivity index (χ2n) is 5.03. The highest BCUT2D eigenvalue weighted by Gasteiger charge is 2.37. The third kappa shape index (κ3) is 1.37. The lowest BCUT2D eigenvalue weighted by Crippen LogP contribution is -2.25. The molecule has 0 bridgehead atoms. The van der Waals surface area contributed by atoms with E-state index >= 15 is 0 Å². The zero-order valence-electron chi connectivity index (χ0n) is 9.51. The third-order valence-corrected chi connectivity index (χ3v) is 4.18. The van der Waals surface area contributed by atoms with Gasteiger partial charge in [0.15, 0.2) is 0 Å². The zero-order valence-corrected chi connectivity index (χ0v) is 9.51. The van der Waals surface area contributed by atoms with Crippen LogP contribution in [0.25, 0.3) is 0 Å². The molecule has 0 radical (unpaired) electrons. The van der Waals surface area contributed by atoms with Gasteiger partial charge in [-0.2, -0.15) is 0 Å². The van der Waals surface area contributed by atoms with Crippen LogP contribution in [0.15, 0.2) is 24.3 Å². The van der Waals surface area contributed by atoms with Crippen molar-refractivity contribution in [3.05, 3.63) is 35.4 Å². The van der Waals surface area contributed by atoms with Gasteiger partial charge >= 0.3 is 0 Å². The molecule has 1 aliphatic rings. The van der Waals surface area contributed by atoms with Crippen LogP contribution in [0.1, 0.15) is 44.2 Å². The largest absolute Gasteiger partial charge is 0.0620 e. The summed E-state index contributed by atoms with van der Waals surface area (Å²) < 4.78 is 0. The van der Waals surface area contributed by atoms with Gasteiger partial charge in [0.05, 0.1) is 0 Å². The van der Waals surface area contributed by atoms with E-state index in [1.54, 1.807) is 5.56 Å². The number of benzene rings is 1. The van der Waals surface area contributed by atoms with E-state index in [0.717, 1.165) is 5.92 Å². The molecule has 0 saturated heterocycles. The minimum atomic E-state index is 0.436. The summed E-state index contributed by atoms with van der Waals surface area (Å²) >= 11 is 0. The Hall–Kier alpha value is -0.780. The van der Waals surface area contributed by atoms with Crippen molar-refractivity contribution in [3.8, 4) is 0 Å². The molecule has 1 aromatic carbocycles. The Labute approximate surface area is 87.3 Å². The molecule has 0 N–H and O–H groups in total. The van der Waals surface area contributed by atoms with E-state index < -0.39 is 0 Å². The topological polar surface area (TPSA) is 0 Å². The fourth-order valence-corrected chi connectivity index (χ4v) is 2.95. The Kier molecular flexibility index (Phi) is 2.38. The van der Waals surface area contributed by atoms with E-state index in [4.69, 9.17) is 0 Å². The molecule has 2 unspecified atom stereocenters. The summed E-state index contributed by atoms with van der Waals surface area (Å²) in [4.78, 5) is 0. The predicted molar refractivity (Wildman–Crippen MR) is 61.5 cm³/mol. The van der Waals surface area contributed by atoms with E-state index in [1.807, 2.05) is 0 Å². The number of aryl methyl sites for hydroxylation is 1. The summed E-state index contributed by atoms with van der Waals surface area (Å²) in [5.74, 6) is 0.837. The average molecular weight is 188 g/mol. The Morgan fingerprint density at radius 2 is 2.00 bits per heavy atom.